The van der Waals surface area contributed by atoms with Crippen LogP contribution in [0.2, 0.25) is 0 Å². The van der Waals surface area contributed by atoms with E-state index in [9.17, 15) is 4.79 Å². The number of allylic oxidation sites excluding steroid dienone is 4. The summed E-state index contributed by atoms with van der Waals surface area (Å²) >= 11 is 0. The lowest BCUT2D eigenvalue weighted by Gasteiger charge is -2.19. The van der Waals surface area contributed by atoms with E-state index in [1.165, 1.54) is 16.7 Å². The lowest BCUT2D eigenvalue weighted by molar-refractivity contribution is -0.113. The number of carbonyl (C=O) groups is 1. The summed E-state index contributed by atoms with van der Waals surface area (Å²) in [5.41, 5.74) is 4.90. The second-order valence-corrected chi connectivity index (χ2v) is 5.18. The van der Waals surface area contributed by atoms with Gasteiger partial charge in [0.25, 0.3) is 0 Å². The molecule has 0 aliphatic heterocycles. The SMILES string of the molecule is CC(=O)C1=C(C)CC(C(C)C)C1=C(C)C. The lowest BCUT2D eigenvalue weighted by atomic mass is 9.85. The van der Waals surface area contributed by atoms with E-state index in [-0.39, 0.29) is 5.78 Å². The van der Waals surface area contributed by atoms with Crippen LogP contribution in [0, 0.1) is 11.8 Å². The number of hydrogen-bond acceptors (Lipinski definition) is 1. The van der Waals surface area contributed by atoms with Gasteiger partial charge in [-0.05, 0) is 51.5 Å². The average Bonchev–Trinajstić information content (AvgIpc) is 2.42. The van der Waals surface area contributed by atoms with E-state index in [2.05, 4.69) is 34.6 Å². The van der Waals surface area contributed by atoms with E-state index in [1.54, 1.807) is 6.92 Å². The van der Waals surface area contributed by atoms with Crippen molar-refractivity contribution in [1.29, 1.82) is 0 Å². The maximum atomic E-state index is 11.6. The normalized spacial score (nSPS) is 21.5. The maximum Gasteiger partial charge on any atom is 0.160 e. The highest BCUT2D eigenvalue weighted by molar-refractivity contribution is 5.99. The van der Waals surface area contributed by atoms with Crippen LogP contribution in [0.5, 0.6) is 0 Å². The van der Waals surface area contributed by atoms with Gasteiger partial charge in [-0.15, -0.1) is 0 Å². The zero-order chi connectivity index (χ0) is 11.7. The van der Waals surface area contributed by atoms with Crippen LogP contribution in [0.15, 0.2) is 22.3 Å². The van der Waals surface area contributed by atoms with Gasteiger partial charge >= 0.3 is 0 Å². The van der Waals surface area contributed by atoms with E-state index in [1.807, 2.05) is 0 Å². The Labute approximate surface area is 93.3 Å². The van der Waals surface area contributed by atoms with E-state index in [4.69, 9.17) is 0 Å². The molecule has 0 heterocycles. The van der Waals surface area contributed by atoms with Gasteiger partial charge in [-0.1, -0.05) is 25.0 Å². The van der Waals surface area contributed by atoms with Crippen molar-refractivity contribution in [2.45, 2.75) is 48.0 Å². The smallest absolute Gasteiger partial charge is 0.160 e. The Morgan fingerprint density at radius 1 is 1.27 bits per heavy atom. The topological polar surface area (TPSA) is 17.1 Å². The average molecular weight is 206 g/mol. The van der Waals surface area contributed by atoms with Crippen molar-refractivity contribution in [3.8, 4) is 0 Å². The Hall–Kier alpha value is -0.850. The van der Waals surface area contributed by atoms with Crippen LogP contribution in [0.25, 0.3) is 0 Å². The predicted octanol–water partition coefficient (Wildman–Crippen LogP) is 3.90. The summed E-state index contributed by atoms with van der Waals surface area (Å²) in [5.74, 6) is 1.39. The largest absolute Gasteiger partial charge is 0.295 e. The van der Waals surface area contributed by atoms with Crippen LogP contribution in [-0.2, 0) is 4.79 Å². The third-order valence-corrected chi connectivity index (χ3v) is 3.29. The monoisotopic (exact) mass is 206 g/mol. The molecular weight excluding hydrogens is 184 g/mol. The molecule has 84 valence electrons. The minimum Gasteiger partial charge on any atom is -0.295 e. The number of carbonyl (C=O) groups excluding carboxylic acids is 1. The molecule has 0 saturated heterocycles. The molecule has 0 fully saturated rings. The first-order valence-electron chi connectivity index (χ1n) is 5.74. The summed E-state index contributed by atoms with van der Waals surface area (Å²) in [6.07, 6.45) is 1.06. The fraction of sp³-hybridized carbons (Fsp3) is 0.643. The van der Waals surface area contributed by atoms with E-state index in [0.717, 1.165) is 12.0 Å². The van der Waals surface area contributed by atoms with Gasteiger partial charge in [-0.25, -0.2) is 0 Å². The van der Waals surface area contributed by atoms with Crippen LogP contribution in [0.1, 0.15) is 48.0 Å². The third kappa shape index (κ3) is 2.22. The molecule has 0 saturated carbocycles. The summed E-state index contributed by atoms with van der Waals surface area (Å²) in [6.45, 7) is 12.5. The Morgan fingerprint density at radius 3 is 2.13 bits per heavy atom. The molecule has 0 aromatic heterocycles. The van der Waals surface area contributed by atoms with Gasteiger partial charge in [-0.3, -0.25) is 4.79 Å². The fourth-order valence-corrected chi connectivity index (χ4v) is 2.63. The molecular formula is C14H22O. The molecule has 1 heteroatoms. The first-order chi connectivity index (χ1) is 6.86. The van der Waals surface area contributed by atoms with E-state index in [0.29, 0.717) is 11.8 Å². The summed E-state index contributed by atoms with van der Waals surface area (Å²) in [5, 5.41) is 0. The predicted molar refractivity (Wildman–Crippen MR) is 64.7 cm³/mol. The van der Waals surface area contributed by atoms with Crippen molar-refractivity contribution in [3.05, 3.63) is 22.3 Å². The fourth-order valence-electron chi connectivity index (χ4n) is 2.63. The molecule has 1 atom stereocenters. The summed E-state index contributed by atoms with van der Waals surface area (Å²) in [4.78, 5) is 11.6. The molecule has 0 aromatic rings. The Balaban J connectivity index is 3.23. The number of ketones is 1. The molecule has 1 nitrogen and oxygen atoms in total. The summed E-state index contributed by atoms with van der Waals surface area (Å²) < 4.78 is 0. The van der Waals surface area contributed by atoms with Crippen LogP contribution in [0.4, 0.5) is 0 Å². The van der Waals surface area contributed by atoms with Crippen molar-refractivity contribution in [2.75, 3.05) is 0 Å². The minimum absolute atomic E-state index is 0.229. The summed E-state index contributed by atoms with van der Waals surface area (Å²) in [7, 11) is 0. The van der Waals surface area contributed by atoms with Gasteiger partial charge in [0.1, 0.15) is 0 Å². The quantitative estimate of drug-likeness (QED) is 0.669. The Kier molecular flexibility index (Phi) is 3.54. The van der Waals surface area contributed by atoms with Gasteiger partial charge in [0.2, 0.25) is 0 Å². The Morgan fingerprint density at radius 2 is 1.80 bits per heavy atom. The molecule has 1 rings (SSSR count). The van der Waals surface area contributed by atoms with Crippen LogP contribution in [0.3, 0.4) is 0 Å². The summed E-state index contributed by atoms with van der Waals surface area (Å²) in [6, 6.07) is 0. The molecule has 0 amide bonds. The Bertz CT molecular complexity index is 338. The van der Waals surface area contributed by atoms with Crippen molar-refractivity contribution in [2.24, 2.45) is 11.8 Å². The van der Waals surface area contributed by atoms with Gasteiger partial charge in [0, 0.05) is 5.57 Å². The number of rotatable bonds is 2. The lowest BCUT2D eigenvalue weighted by Crippen LogP contribution is -2.11. The molecule has 0 N–H and O–H groups in total. The van der Waals surface area contributed by atoms with Crippen LogP contribution >= 0.6 is 0 Å². The molecule has 0 spiro atoms. The van der Waals surface area contributed by atoms with Gasteiger partial charge < -0.3 is 0 Å². The molecule has 0 bridgehead atoms. The van der Waals surface area contributed by atoms with Crippen molar-refractivity contribution in [1.82, 2.24) is 0 Å². The zero-order valence-electron chi connectivity index (χ0n) is 10.8. The first kappa shape index (κ1) is 12.2. The maximum absolute atomic E-state index is 11.6. The zero-order valence-corrected chi connectivity index (χ0v) is 10.8. The van der Waals surface area contributed by atoms with Crippen LogP contribution < -0.4 is 0 Å². The second-order valence-electron chi connectivity index (χ2n) is 5.18. The van der Waals surface area contributed by atoms with Crippen molar-refractivity contribution in [3.63, 3.8) is 0 Å². The molecule has 15 heavy (non-hydrogen) atoms. The molecule has 0 aromatic carbocycles. The van der Waals surface area contributed by atoms with Crippen molar-refractivity contribution < 1.29 is 4.79 Å². The second kappa shape index (κ2) is 4.34. The van der Waals surface area contributed by atoms with Crippen LogP contribution in [-0.4, -0.2) is 5.78 Å². The highest BCUT2D eigenvalue weighted by atomic mass is 16.1. The van der Waals surface area contributed by atoms with E-state index < -0.39 is 0 Å². The minimum atomic E-state index is 0.229. The van der Waals surface area contributed by atoms with Gasteiger partial charge in [0.15, 0.2) is 5.78 Å². The standard InChI is InChI=1S/C14H22O/c1-8(2)12-7-10(5)14(11(6)15)13(12)9(3)4/h8,12H,7H2,1-6H3. The molecule has 0 radical (unpaired) electrons. The number of Topliss-reactive ketones (excluding diaryl/α,β-unsaturated/α-hetero) is 1. The first-order valence-corrected chi connectivity index (χ1v) is 5.74. The van der Waals surface area contributed by atoms with Gasteiger partial charge in [-0.2, -0.15) is 0 Å². The highest BCUT2D eigenvalue weighted by Gasteiger charge is 2.31. The third-order valence-electron chi connectivity index (χ3n) is 3.29. The molecule has 1 unspecified atom stereocenters. The van der Waals surface area contributed by atoms with E-state index >= 15 is 0 Å². The van der Waals surface area contributed by atoms with Crippen molar-refractivity contribution >= 4 is 5.78 Å². The molecule has 1 aliphatic rings. The highest BCUT2D eigenvalue weighted by Crippen LogP contribution is 2.42. The van der Waals surface area contributed by atoms with Gasteiger partial charge in [0.05, 0.1) is 0 Å². The number of hydrogen-bond donors (Lipinski definition) is 0. The molecule has 1 aliphatic carbocycles.